The molecule has 4 nitrogen and oxygen atoms in total. The minimum absolute atomic E-state index is 0.302. The summed E-state index contributed by atoms with van der Waals surface area (Å²) in [5.74, 6) is 1.00. The molecule has 4 heteroatoms. The first-order valence-corrected chi connectivity index (χ1v) is 7.14. The van der Waals surface area contributed by atoms with E-state index in [1.807, 2.05) is 30.6 Å². The van der Waals surface area contributed by atoms with Gasteiger partial charge in [-0.25, -0.2) is 4.98 Å². The van der Waals surface area contributed by atoms with E-state index in [0.29, 0.717) is 12.6 Å². The average Bonchev–Trinajstić information content (AvgIpc) is 2.94. The standard InChI is InChI=1S/C16H23N3O/c1-3-9-17-15(13-20-2)12-19-11-10-18-16(19)14-7-5-4-6-8-14/h4-8,10-11,15,17H,3,9,12-13H2,1-2H3. The first-order chi connectivity index (χ1) is 9.85. The van der Waals surface area contributed by atoms with E-state index in [-0.39, 0.29) is 0 Å². The van der Waals surface area contributed by atoms with E-state index < -0.39 is 0 Å². The topological polar surface area (TPSA) is 39.1 Å². The summed E-state index contributed by atoms with van der Waals surface area (Å²) in [6.07, 6.45) is 5.00. The monoisotopic (exact) mass is 273 g/mol. The van der Waals surface area contributed by atoms with Gasteiger partial charge in [-0.1, -0.05) is 37.3 Å². The molecule has 0 amide bonds. The predicted octanol–water partition coefficient (Wildman–Crippen LogP) is 2.56. The normalized spacial score (nSPS) is 12.5. The van der Waals surface area contributed by atoms with E-state index in [4.69, 9.17) is 4.74 Å². The van der Waals surface area contributed by atoms with Crippen LogP contribution in [0.1, 0.15) is 13.3 Å². The molecule has 0 saturated carbocycles. The Morgan fingerprint density at radius 3 is 2.80 bits per heavy atom. The van der Waals surface area contributed by atoms with Crippen LogP contribution in [-0.4, -0.2) is 35.9 Å². The first-order valence-electron chi connectivity index (χ1n) is 7.14. The molecule has 0 saturated heterocycles. The van der Waals surface area contributed by atoms with Crippen molar-refractivity contribution in [3.05, 3.63) is 42.7 Å². The molecule has 0 bridgehead atoms. The molecular weight excluding hydrogens is 250 g/mol. The molecule has 1 unspecified atom stereocenters. The fraction of sp³-hybridized carbons (Fsp3) is 0.438. The molecule has 0 spiro atoms. The number of hydrogen-bond acceptors (Lipinski definition) is 3. The van der Waals surface area contributed by atoms with Gasteiger partial charge in [0.15, 0.2) is 0 Å². The van der Waals surface area contributed by atoms with Crippen LogP contribution >= 0.6 is 0 Å². The average molecular weight is 273 g/mol. The number of aromatic nitrogens is 2. The molecule has 2 rings (SSSR count). The number of benzene rings is 1. The Morgan fingerprint density at radius 2 is 2.10 bits per heavy atom. The fourth-order valence-corrected chi connectivity index (χ4v) is 2.27. The number of methoxy groups -OCH3 is 1. The lowest BCUT2D eigenvalue weighted by Gasteiger charge is -2.19. The van der Waals surface area contributed by atoms with Crippen LogP contribution in [0.4, 0.5) is 0 Å². The van der Waals surface area contributed by atoms with Crippen LogP contribution in [0, 0.1) is 0 Å². The molecule has 1 heterocycles. The van der Waals surface area contributed by atoms with Crippen molar-refractivity contribution in [3.8, 4) is 11.4 Å². The number of rotatable bonds is 8. The summed E-state index contributed by atoms with van der Waals surface area (Å²) in [6.45, 7) is 4.73. The second-order valence-corrected chi connectivity index (χ2v) is 4.88. The molecular formula is C16H23N3O. The molecule has 1 N–H and O–H groups in total. The zero-order chi connectivity index (χ0) is 14.2. The quantitative estimate of drug-likeness (QED) is 0.803. The Morgan fingerprint density at radius 1 is 1.30 bits per heavy atom. The molecule has 1 aromatic heterocycles. The number of hydrogen-bond donors (Lipinski definition) is 1. The Bertz CT molecular complexity index is 495. The number of nitrogens with one attached hydrogen (secondary N) is 1. The summed E-state index contributed by atoms with van der Waals surface area (Å²) in [6, 6.07) is 10.6. The van der Waals surface area contributed by atoms with Gasteiger partial charge >= 0.3 is 0 Å². The van der Waals surface area contributed by atoms with Crippen molar-refractivity contribution in [2.75, 3.05) is 20.3 Å². The highest BCUT2D eigenvalue weighted by atomic mass is 16.5. The largest absolute Gasteiger partial charge is 0.383 e. The molecule has 108 valence electrons. The van der Waals surface area contributed by atoms with E-state index in [0.717, 1.165) is 30.9 Å². The number of nitrogens with zero attached hydrogens (tertiary/aromatic N) is 2. The molecule has 0 radical (unpaired) electrons. The molecule has 0 fully saturated rings. The van der Waals surface area contributed by atoms with E-state index in [2.05, 4.69) is 33.9 Å². The second kappa shape index (κ2) is 7.82. The van der Waals surface area contributed by atoms with Gasteiger partial charge in [0.2, 0.25) is 0 Å². The van der Waals surface area contributed by atoms with Gasteiger partial charge in [-0.3, -0.25) is 0 Å². The van der Waals surface area contributed by atoms with Crippen LogP contribution in [0.2, 0.25) is 0 Å². The second-order valence-electron chi connectivity index (χ2n) is 4.88. The van der Waals surface area contributed by atoms with Gasteiger partial charge in [0.1, 0.15) is 5.82 Å². The van der Waals surface area contributed by atoms with Gasteiger partial charge in [0.05, 0.1) is 6.61 Å². The number of ether oxygens (including phenoxy) is 1. The predicted molar refractivity (Wildman–Crippen MR) is 81.6 cm³/mol. The minimum atomic E-state index is 0.302. The lowest BCUT2D eigenvalue weighted by atomic mass is 10.2. The highest BCUT2D eigenvalue weighted by molar-refractivity contribution is 5.55. The van der Waals surface area contributed by atoms with Crippen LogP contribution in [-0.2, 0) is 11.3 Å². The summed E-state index contributed by atoms with van der Waals surface area (Å²) in [5.41, 5.74) is 1.14. The Balaban J connectivity index is 2.10. The minimum Gasteiger partial charge on any atom is -0.383 e. The van der Waals surface area contributed by atoms with Crippen molar-refractivity contribution in [1.29, 1.82) is 0 Å². The number of imidazole rings is 1. The van der Waals surface area contributed by atoms with Crippen molar-refractivity contribution < 1.29 is 4.74 Å². The molecule has 0 aliphatic rings. The van der Waals surface area contributed by atoms with Crippen molar-refractivity contribution in [3.63, 3.8) is 0 Å². The first kappa shape index (κ1) is 14.8. The SMILES string of the molecule is CCCNC(COC)Cn1ccnc1-c1ccccc1. The van der Waals surface area contributed by atoms with Gasteiger partial charge < -0.3 is 14.6 Å². The van der Waals surface area contributed by atoms with Crippen molar-refractivity contribution in [2.45, 2.75) is 25.9 Å². The summed E-state index contributed by atoms with van der Waals surface area (Å²) in [4.78, 5) is 4.47. The van der Waals surface area contributed by atoms with Crippen molar-refractivity contribution in [1.82, 2.24) is 14.9 Å². The fourth-order valence-electron chi connectivity index (χ4n) is 2.27. The van der Waals surface area contributed by atoms with E-state index in [1.165, 1.54) is 0 Å². The highest BCUT2D eigenvalue weighted by Crippen LogP contribution is 2.17. The van der Waals surface area contributed by atoms with Gasteiger partial charge in [-0.2, -0.15) is 0 Å². The molecule has 20 heavy (non-hydrogen) atoms. The third-order valence-electron chi connectivity index (χ3n) is 3.22. The molecule has 1 atom stereocenters. The van der Waals surface area contributed by atoms with E-state index in [1.54, 1.807) is 7.11 Å². The Kier molecular flexibility index (Phi) is 5.77. The summed E-state index contributed by atoms with van der Waals surface area (Å²) in [5, 5.41) is 3.51. The molecule has 1 aromatic carbocycles. The van der Waals surface area contributed by atoms with Gasteiger partial charge in [-0.15, -0.1) is 0 Å². The summed E-state index contributed by atoms with van der Waals surface area (Å²) < 4.78 is 7.48. The third kappa shape index (κ3) is 3.92. The van der Waals surface area contributed by atoms with Crippen LogP contribution in [0.3, 0.4) is 0 Å². The van der Waals surface area contributed by atoms with E-state index >= 15 is 0 Å². The lowest BCUT2D eigenvalue weighted by molar-refractivity contribution is 0.159. The lowest BCUT2D eigenvalue weighted by Crippen LogP contribution is -2.37. The molecule has 0 aliphatic heterocycles. The summed E-state index contributed by atoms with van der Waals surface area (Å²) >= 11 is 0. The maximum absolute atomic E-state index is 5.30. The van der Waals surface area contributed by atoms with Gasteiger partial charge in [-0.05, 0) is 13.0 Å². The third-order valence-corrected chi connectivity index (χ3v) is 3.22. The maximum Gasteiger partial charge on any atom is 0.139 e. The zero-order valence-electron chi connectivity index (χ0n) is 12.2. The Hall–Kier alpha value is -1.65. The van der Waals surface area contributed by atoms with Crippen LogP contribution < -0.4 is 5.32 Å². The summed E-state index contributed by atoms with van der Waals surface area (Å²) in [7, 11) is 1.74. The van der Waals surface area contributed by atoms with Gasteiger partial charge in [0, 0.05) is 37.7 Å². The smallest absolute Gasteiger partial charge is 0.139 e. The molecule has 0 aliphatic carbocycles. The van der Waals surface area contributed by atoms with Crippen LogP contribution in [0.25, 0.3) is 11.4 Å². The highest BCUT2D eigenvalue weighted by Gasteiger charge is 2.12. The maximum atomic E-state index is 5.30. The Labute approximate surface area is 120 Å². The van der Waals surface area contributed by atoms with Crippen molar-refractivity contribution in [2.24, 2.45) is 0 Å². The van der Waals surface area contributed by atoms with Gasteiger partial charge in [0.25, 0.3) is 0 Å². The van der Waals surface area contributed by atoms with Crippen LogP contribution in [0.15, 0.2) is 42.7 Å². The van der Waals surface area contributed by atoms with Crippen molar-refractivity contribution >= 4 is 0 Å². The van der Waals surface area contributed by atoms with Crippen LogP contribution in [0.5, 0.6) is 0 Å². The zero-order valence-corrected chi connectivity index (χ0v) is 12.2. The molecule has 2 aromatic rings. The van der Waals surface area contributed by atoms with E-state index in [9.17, 15) is 0 Å².